The summed E-state index contributed by atoms with van der Waals surface area (Å²) >= 11 is 0. The van der Waals surface area contributed by atoms with Crippen LogP contribution < -0.4 is 15.4 Å². The number of amides is 2. The molecule has 8 heteroatoms. The number of benzene rings is 2. The SMILES string of the molecule is CCOc1ccc2c(c1)c(C)c(C(=O)Nc1ccc(C(=O)NCC(=O)O)cc1)n2CC. The molecule has 0 fully saturated rings. The Labute approximate surface area is 179 Å². The van der Waals surface area contributed by atoms with Crippen LogP contribution in [0.3, 0.4) is 0 Å². The summed E-state index contributed by atoms with van der Waals surface area (Å²) < 4.78 is 7.56. The van der Waals surface area contributed by atoms with Gasteiger partial charge < -0.3 is 25.0 Å². The van der Waals surface area contributed by atoms with Crippen molar-refractivity contribution in [3.63, 3.8) is 0 Å². The van der Waals surface area contributed by atoms with Crippen LogP contribution in [0.2, 0.25) is 0 Å². The van der Waals surface area contributed by atoms with Crippen LogP contribution in [0.1, 0.15) is 40.3 Å². The largest absolute Gasteiger partial charge is 0.494 e. The monoisotopic (exact) mass is 423 g/mol. The van der Waals surface area contributed by atoms with E-state index in [-0.39, 0.29) is 5.91 Å². The van der Waals surface area contributed by atoms with Crippen LogP contribution in [-0.2, 0) is 11.3 Å². The molecule has 3 rings (SSSR count). The van der Waals surface area contributed by atoms with Crippen LogP contribution >= 0.6 is 0 Å². The minimum Gasteiger partial charge on any atom is -0.494 e. The van der Waals surface area contributed by atoms with E-state index < -0.39 is 18.4 Å². The molecule has 162 valence electrons. The highest BCUT2D eigenvalue weighted by molar-refractivity contribution is 6.08. The van der Waals surface area contributed by atoms with Crippen LogP contribution in [-0.4, -0.2) is 40.6 Å². The Kier molecular flexibility index (Phi) is 6.59. The highest BCUT2D eigenvalue weighted by Crippen LogP contribution is 2.30. The molecule has 2 aromatic carbocycles. The second-order valence-corrected chi connectivity index (χ2v) is 6.94. The first-order valence-corrected chi connectivity index (χ1v) is 10.0. The number of hydrogen-bond acceptors (Lipinski definition) is 4. The van der Waals surface area contributed by atoms with E-state index in [1.54, 1.807) is 12.1 Å². The molecule has 0 aliphatic heterocycles. The minimum atomic E-state index is -1.12. The molecule has 0 atom stereocenters. The number of ether oxygens (including phenoxy) is 1. The molecule has 0 aliphatic rings. The summed E-state index contributed by atoms with van der Waals surface area (Å²) in [5.74, 6) is -1.11. The van der Waals surface area contributed by atoms with Gasteiger partial charge in [-0.2, -0.15) is 0 Å². The fourth-order valence-corrected chi connectivity index (χ4v) is 3.53. The van der Waals surface area contributed by atoms with Gasteiger partial charge in [0.2, 0.25) is 0 Å². The topological polar surface area (TPSA) is 110 Å². The zero-order valence-electron chi connectivity index (χ0n) is 17.7. The van der Waals surface area contributed by atoms with Gasteiger partial charge in [0, 0.05) is 28.7 Å². The second-order valence-electron chi connectivity index (χ2n) is 6.94. The van der Waals surface area contributed by atoms with E-state index in [9.17, 15) is 14.4 Å². The summed E-state index contributed by atoms with van der Waals surface area (Å²) in [6.07, 6.45) is 0. The number of carbonyl (C=O) groups excluding carboxylic acids is 2. The Morgan fingerprint density at radius 3 is 2.35 bits per heavy atom. The zero-order chi connectivity index (χ0) is 22.5. The number of nitrogens with zero attached hydrogens (tertiary/aromatic N) is 1. The fraction of sp³-hybridized carbons (Fsp3) is 0.261. The Morgan fingerprint density at radius 2 is 1.74 bits per heavy atom. The van der Waals surface area contributed by atoms with Crippen molar-refractivity contribution < 1.29 is 24.2 Å². The number of aromatic nitrogens is 1. The third-order valence-corrected chi connectivity index (χ3v) is 4.94. The summed E-state index contributed by atoms with van der Waals surface area (Å²) in [7, 11) is 0. The van der Waals surface area contributed by atoms with Gasteiger partial charge in [-0.3, -0.25) is 14.4 Å². The first-order chi connectivity index (χ1) is 14.8. The molecule has 0 radical (unpaired) electrons. The highest BCUT2D eigenvalue weighted by Gasteiger charge is 2.20. The molecule has 1 heterocycles. The maximum atomic E-state index is 13.1. The van der Waals surface area contributed by atoms with Crippen LogP contribution in [0.4, 0.5) is 5.69 Å². The standard InChI is InChI=1S/C23H25N3O5/c1-4-26-19-11-10-17(31-5-2)12-18(19)14(3)21(26)23(30)25-16-8-6-15(7-9-16)22(29)24-13-20(27)28/h6-12H,4-5,13H2,1-3H3,(H,24,29)(H,25,30)(H,27,28). The van der Waals surface area contributed by atoms with Gasteiger partial charge in [0.15, 0.2) is 0 Å². The van der Waals surface area contributed by atoms with Crippen molar-refractivity contribution in [2.75, 3.05) is 18.5 Å². The average molecular weight is 423 g/mol. The first kappa shape index (κ1) is 21.9. The predicted molar refractivity (Wildman–Crippen MR) is 118 cm³/mol. The van der Waals surface area contributed by atoms with Crippen molar-refractivity contribution >= 4 is 34.4 Å². The van der Waals surface area contributed by atoms with Crippen LogP contribution in [0.25, 0.3) is 10.9 Å². The van der Waals surface area contributed by atoms with E-state index in [0.29, 0.717) is 30.1 Å². The molecule has 8 nitrogen and oxygen atoms in total. The molecular formula is C23H25N3O5. The number of aryl methyl sites for hydroxylation is 2. The number of fused-ring (bicyclic) bond motifs is 1. The Bertz CT molecular complexity index is 1130. The third kappa shape index (κ3) is 4.69. The van der Waals surface area contributed by atoms with Gasteiger partial charge in [0.25, 0.3) is 11.8 Å². The molecule has 0 aliphatic carbocycles. The lowest BCUT2D eigenvalue weighted by Crippen LogP contribution is -2.29. The molecule has 31 heavy (non-hydrogen) atoms. The molecule has 0 bridgehead atoms. The lowest BCUT2D eigenvalue weighted by molar-refractivity contribution is -0.135. The number of rotatable bonds is 8. The van der Waals surface area contributed by atoms with Gasteiger partial charge in [0.1, 0.15) is 18.0 Å². The van der Waals surface area contributed by atoms with Crippen LogP contribution in [0.15, 0.2) is 42.5 Å². The number of nitrogens with one attached hydrogen (secondary N) is 2. The Hall–Kier alpha value is -3.81. The highest BCUT2D eigenvalue weighted by atomic mass is 16.5. The van der Waals surface area contributed by atoms with Crippen molar-refractivity contribution in [3.05, 3.63) is 59.3 Å². The maximum Gasteiger partial charge on any atom is 0.322 e. The Balaban J connectivity index is 1.83. The van der Waals surface area contributed by atoms with Crippen molar-refractivity contribution in [2.45, 2.75) is 27.3 Å². The number of carboxylic acid groups (broad SMARTS) is 1. The van der Waals surface area contributed by atoms with E-state index in [0.717, 1.165) is 22.2 Å². The van der Waals surface area contributed by atoms with E-state index in [1.165, 1.54) is 12.1 Å². The van der Waals surface area contributed by atoms with Gasteiger partial charge in [-0.1, -0.05) is 0 Å². The zero-order valence-corrected chi connectivity index (χ0v) is 17.7. The van der Waals surface area contributed by atoms with Crippen LogP contribution in [0, 0.1) is 6.92 Å². The van der Waals surface area contributed by atoms with Gasteiger partial charge in [-0.05, 0) is 68.8 Å². The summed E-state index contributed by atoms with van der Waals surface area (Å²) in [6, 6.07) is 12.1. The average Bonchev–Trinajstić information content (AvgIpc) is 3.04. The molecule has 3 aromatic rings. The number of carboxylic acids is 1. The van der Waals surface area contributed by atoms with Crippen molar-refractivity contribution in [1.82, 2.24) is 9.88 Å². The van der Waals surface area contributed by atoms with E-state index in [1.807, 2.05) is 43.5 Å². The number of anilines is 1. The van der Waals surface area contributed by atoms with Gasteiger partial charge in [0.05, 0.1) is 6.61 Å². The van der Waals surface area contributed by atoms with Crippen molar-refractivity contribution in [2.24, 2.45) is 0 Å². The number of hydrogen-bond donors (Lipinski definition) is 3. The molecule has 3 N–H and O–H groups in total. The third-order valence-electron chi connectivity index (χ3n) is 4.94. The molecule has 0 spiro atoms. The second kappa shape index (κ2) is 9.34. The molecular weight excluding hydrogens is 398 g/mol. The summed E-state index contributed by atoms with van der Waals surface area (Å²) in [6.45, 7) is 6.56. The predicted octanol–water partition coefficient (Wildman–Crippen LogP) is 3.44. The summed E-state index contributed by atoms with van der Waals surface area (Å²) in [5, 5.41) is 14.8. The van der Waals surface area contributed by atoms with Crippen molar-refractivity contribution in [1.29, 1.82) is 0 Å². The lowest BCUT2D eigenvalue weighted by Gasteiger charge is -2.10. The van der Waals surface area contributed by atoms with Crippen LogP contribution in [0.5, 0.6) is 5.75 Å². The summed E-state index contributed by atoms with van der Waals surface area (Å²) in [4.78, 5) is 35.6. The molecule has 0 saturated heterocycles. The fourth-order valence-electron chi connectivity index (χ4n) is 3.53. The smallest absolute Gasteiger partial charge is 0.322 e. The minimum absolute atomic E-state index is 0.253. The van der Waals surface area contributed by atoms with Gasteiger partial charge in [-0.15, -0.1) is 0 Å². The normalized spacial score (nSPS) is 10.7. The summed E-state index contributed by atoms with van der Waals surface area (Å²) in [5.41, 5.74) is 3.22. The van der Waals surface area contributed by atoms with E-state index >= 15 is 0 Å². The lowest BCUT2D eigenvalue weighted by atomic mass is 10.1. The van der Waals surface area contributed by atoms with Gasteiger partial charge in [-0.25, -0.2) is 0 Å². The molecule has 0 unspecified atom stereocenters. The van der Waals surface area contributed by atoms with Crippen molar-refractivity contribution in [3.8, 4) is 5.75 Å². The van der Waals surface area contributed by atoms with E-state index in [4.69, 9.17) is 9.84 Å². The number of aliphatic carboxylic acids is 1. The molecule has 2 amide bonds. The Morgan fingerprint density at radius 1 is 1.03 bits per heavy atom. The molecule has 0 saturated carbocycles. The van der Waals surface area contributed by atoms with Gasteiger partial charge >= 0.3 is 5.97 Å². The number of carbonyl (C=O) groups is 3. The maximum absolute atomic E-state index is 13.1. The van der Waals surface area contributed by atoms with E-state index in [2.05, 4.69) is 10.6 Å². The quantitative estimate of drug-likeness (QED) is 0.514. The molecule has 1 aromatic heterocycles. The first-order valence-electron chi connectivity index (χ1n) is 10.0.